The van der Waals surface area contributed by atoms with Crippen LogP contribution in [0.25, 0.3) is 0 Å². The van der Waals surface area contributed by atoms with Crippen LogP contribution in [0.1, 0.15) is 27.2 Å². The van der Waals surface area contributed by atoms with Crippen molar-refractivity contribution >= 4 is 16.9 Å². The van der Waals surface area contributed by atoms with Crippen LogP contribution in [0.4, 0.5) is 0 Å². The molecular formula is C10H16N2S. The first-order valence-electron chi connectivity index (χ1n) is 4.88. The van der Waals surface area contributed by atoms with Crippen LogP contribution in [0, 0.1) is 5.92 Å². The highest BCUT2D eigenvalue weighted by atomic mass is 32.2. The fourth-order valence-electron chi connectivity index (χ4n) is 1.80. The summed E-state index contributed by atoms with van der Waals surface area (Å²) in [5.74, 6) is 0.735. The molecule has 0 fully saturated rings. The summed E-state index contributed by atoms with van der Waals surface area (Å²) in [4.78, 5) is 6.88. The van der Waals surface area contributed by atoms with Crippen molar-refractivity contribution in [1.29, 1.82) is 0 Å². The van der Waals surface area contributed by atoms with E-state index < -0.39 is 0 Å². The quantitative estimate of drug-likeness (QED) is 0.675. The van der Waals surface area contributed by atoms with Gasteiger partial charge in [0, 0.05) is 5.70 Å². The third-order valence-electron chi connectivity index (χ3n) is 2.36. The van der Waals surface area contributed by atoms with E-state index in [9.17, 15) is 0 Å². The Morgan fingerprint density at radius 1 is 1.69 bits per heavy atom. The van der Waals surface area contributed by atoms with Gasteiger partial charge in [-0.15, -0.1) is 0 Å². The van der Waals surface area contributed by atoms with Crippen molar-refractivity contribution in [3.8, 4) is 0 Å². The van der Waals surface area contributed by atoms with E-state index in [1.807, 2.05) is 0 Å². The molecule has 2 aliphatic rings. The third kappa shape index (κ3) is 1.62. The SMILES string of the molecule is CC(C)CC1=CSC2=NCC(C)N12. The maximum Gasteiger partial charge on any atom is 0.168 e. The van der Waals surface area contributed by atoms with Gasteiger partial charge in [-0.2, -0.15) is 0 Å². The molecule has 0 radical (unpaired) electrons. The van der Waals surface area contributed by atoms with E-state index >= 15 is 0 Å². The Morgan fingerprint density at radius 3 is 3.15 bits per heavy atom. The second-order valence-electron chi connectivity index (χ2n) is 4.17. The lowest BCUT2D eigenvalue weighted by molar-refractivity contribution is 0.414. The van der Waals surface area contributed by atoms with Gasteiger partial charge in [-0.05, 0) is 24.7 Å². The Balaban J connectivity index is 2.09. The number of hydrogen-bond acceptors (Lipinski definition) is 3. The maximum absolute atomic E-state index is 4.49. The molecule has 2 rings (SSSR count). The summed E-state index contributed by atoms with van der Waals surface area (Å²) in [7, 11) is 0. The van der Waals surface area contributed by atoms with Crippen LogP contribution in [0.5, 0.6) is 0 Å². The Labute approximate surface area is 84.1 Å². The minimum Gasteiger partial charge on any atom is -0.320 e. The molecule has 2 heterocycles. The number of aliphatic imine (C=N–C) groups is 1. The summed E-state index contributed by atoms with van der Waals surface area (Å²) in [5.41, 5.74) is 1.46. The van der Waals surface area contributed by atoms with Crippen LogP contribution >= 0.6 is 11.8 Å². The van der Waals surface area contributed by atoms with Crippen molar-refractivity contribution in [1.82, 2.24) is 4.90 Å². The number of nitrogens with zero attached hydrogens (tertiary/aromatic N) is 2. The van der Waals surface area contributed by atoms with Gasteiger partial charge in [-0.25, -0.2) is 0 Å². The average Bonchev–Trinajstić information content (AvgIpc) is 2.56. The first kappa shape index (κ1) is 9.13. The lowest BCUT2D eigenvalue weighted by Gasteiger charge is -2.23. The van der Waals surface area contributed by atoms with Crippen LogP contribution < -0.4 is 0 Å². The fraction of sp³-hybridized carbons (Fsp3) is 0.700. The number of fused-ring (bicyclic) bond motifs is 1. The van der Waals surface area contributed by atoms with E-state index in [2.05, 4.69) is 36.1 Å². The van der Waals surface area contributed by atoms with E-state index in [1.165, 1.54) is 17.3 Å². The molecule has 1 unspecified atom stereocenters. The van der Waals surface area contributed by atoms with Crippen LogP contribution in [0.15, 0.2) is 16.1 Å². The highest BCUT2D eigenvalue weighted by Crippen LogP contribution is 2.35. The smallest absolute Gasteiger partial charge is 0.168 e. The van der Waals surface area contributed by atoms with E-state index in [4.69, 9.17) is 0 Å². The normalized spacial score (nSPS) is 26.5. The Morgan fingerprint density at radius 2 is 2.46 bits per heavy atom. The van der Waals surface area contributed by atoms with Gasteiger partial charge in [0.25, 0.3) is 0 Å². The monoisotopic (exact) mass is 196 g/mol. The van der Waals surface area contributed by atoms with Crippen molar-refractivity contribution in [3.63, 3.8) is 0 Å². The largest absolute Gasteiger partial charge is 0.320 e. The van der Waals surface area contributed by atoms with Gasteiger partial charge >= 0.3 is 0 Å². The molecule has 0 aromatic carbocycles. The molecule has 0 aliphatic carbocycles. The molecule has 2 nitrogen and oxygen atoms in total. The molecule has 0 spiro atoms. The summed E-state index contributed by atoms with van der Waals surface area (Å²) < 4.78 is 0. The van der Waals surface area contributed by atoms with Crippen molar-refractivity contribution in [3.05, 3.63) is 11.1 Å². The summed E-state index contributed by atoms with van der Waals surface area (Å²) in [6.45, 7) is 7.75. The first-order valence-corrected chi connectivity index (χ1v) is 5.76. The van der Waals surface area contributed by atoms with Gasteiger partial charge in [0.05, 0.1) is 12.6 Å². The van der Waals surface area contributed by atoms with Crippen LogP contribution in [-0.2, 0) is 0 Å². The fourth-order valence-corrected chi connectivity index (χ4v) is 2.81. The van der Waals surface area contributed by atoms with Gasteiger partial charge < -0.3 is 4.90 Å². The topological polar surface area (TPSA) is 15.6 Å². The molecule has 0 saturated carbocycles. The molecule has 0 aromatic rings. The Bertz CT molecular complexity index is 268. The van der Waals surface area contributed by atoms with Crippen LogP contribution in [0.3, 0.4) is 0 Å². The molecule has 72 valence electrons. The minimum absolute atomic E-state index is 0.579. The number of rotatable bonds is 2. The van der Waals surface area contributed by atoms with Crippen molar-refractivity contribution in [2.45, 2.75) is 33.2 Å². The molecule has 1 atom stereocenters. The lowest BCUT2D eigenvalue weighted by Crippen LogP contribution is -2.29. The molecule has 2 aliphatic heterocycles. The van der Waals surface area contributed by atoms with Crippen molar-refractivity contribution in [2.24, 2.45) is 10.9 Å². The minimum atomic E-state index is 0.579. The zero-order valence-electron chi connectivity index (χ0n) is 8.45. The second kappa shape index (κ2) is 3.37. The number of allylic oxidation sites excluding steroid dienone is 1. The molecular weight excluding hydrogens is 180 g/mol. The van der Waals surface area contributed by atoms with E-state index in [-0.39, 0.29) is 0 Å². The summed E-state index contributed by atoms with van der Waals surface area (Å²) >= 11 is 1.78. The van der Waals surface area contributed by atoms with Crippen molar-refractivity contribution < 1.29 is 0 Å². The first-order chi connectivity index (χ1) is 6.18. The Kier molecular flexibility index (Phi) is 2.37. The zero-order chi connectivity index (χ0) is 9.42. The van der Waals surface area contributed by atoms with Crippen molar-refractivity contribution in [2.75, 3.05) is 6.54 Å². The van der Waals surface area contributed by atoms with E-state index in [0.29, 0.717) is 6.04 Å². The lowest BCUT2D eigenvalue weighted by atomic mass is 10.1. The molecule has 13 heavy (non-hydrogen) atoms. The second-order valence-corrected chi connectivity index (χ2v) is 5.00. The summed E-state index contributed by atoms with van der Waals surface area (Å²) in [6.07, 6.45) is 1.18. The molecule has 0 N–H and O–H groups in total. The van der Waals surface area contributed by atoms with Gasteiger partial charge in [-0.1, -0.05) is 25.6 Å². The van der Waals surface area contributed by atoms with Gasteiger partial charge in [-0.3, -0.25) is 4.99 Å². The van der Waals surface area contributed by atoms with Crippen LogP contribution in [0.2, 0.25) is 0 Å². The number of amidine groups is 1. The molecule has 0 saturated heterocycles. The molecule has 0 amide bonds. The van der Waals surface area contributed by atoms with Gasteiger partial charge in [0.2, 0.25) is 0 Å². The van der Waals surface area contributed by atoms with Crippen LogP contribution in [-0.4, -0.2) is 22.7 Å². The summed E-state index contributed by atoms with van der Waals surface area (Å²) in [6, 6.07) is 0.579. The molecule has 3 heteroatoms. The predicted molar refractivity (Wildman–Crippen MR) is 58.7 cm³/mol. The zero-order valence-corrected chi connectivity index (χ0v) is 9.27. The average molecular weight is 196 g/mol. The predicted octanol–water partition coefficient (Wildman–Crippen LogP) is 2.68. The van der Waals surface area contributed by atoms with Gasteiger partial charge in [0.1, 0.15) is 0 Å². The summed E-state index contributed by atoms with van der Waals surface area (Å²) in [5, 5.41) is 3.47. The highest BCUT2D eigenvalue weighted by Gasteiger charge is 2.31. The molecule has 0 bridgehead atoms. The molecule has 0 aromatic heterocycles. The standard InChI is InChI=1S/C10H16N2S/c1-7(2)4-9-6-13-10-11-5-8(3)12(9)10/h6-8H,4-5H2,1-3H3. The van der Waals surface area contributed by atoms with E-state index in [1.54, 1.807) is 11.8 Å². The van der Waals surface area contributed by atoms with E-state index in [0.717, 1.165) is 12.5 Å². The number of thioether (sulfide) groups is 1. The third-order valence-corrected chi connectivity index (χ3v) is 3.29. The Hall–Kier alpha value is -0.440. The maximum atomic E-state index is 4.49. The highest BCUT2D eigenvalue weighted by molar-refractivity contribution is 8.16. The number of hydrogen-bond donors (Lipinski definition) is 0. The van der Waals surface area contributed by atoms with Gasteiger partial charge in [0.15, 0.2) is 5.17 Å².